The van der Waals surface area contributed by atoms with Crippen molar-refractivity contribution in [2.24, 2.45) is 0 Å². The SMILES string of the molecule is CC1=C(CCC(=O)O)c2cc3[nH]c(cc4[nH]c(cc5nc(cc1n2)C(C)=C5CCC(=O)O)c(CC(=O)O)c4CCC(=O)O)c(C)c3CCC(=O)O. The highest BCUT2D eigenvalue weighted by Gasteiger charge is 2.24. The molecule has 0 saturated carbocycles. The third-order valence-electron chi connectivity index (χ3n) is 9.32. The number of aliphatic carboxylic acids is 5. The number of H-pyrrole nitrogens is 2. The van der Waals surface area contributed by atoms with Gasteiger partial charge in [-0.2, -0.15) is 0 Å². The van der Waals surface area contributed by atoms with Crippen molar-refractivity contribution in [2.75, 3.05) is 0 Å². The Morgan fingerprint density at radius 3 is 1.37 bits per heavy atom. The standard InChI is InChI=1S/C37H38N4O10/c1-17-20(4-8-33(42)43)28-15-29-22(6-10-35(46)47)19(3)27(40-29)14-31-23(7-11-36(48)49)24(12-37(50)51)32(41-31)16-30-21(5-9-34(44)45)18(2)26(39-30)13-25(17)38-28/h13-16,40-41H,4-12H2,1-3H3,(H,42,43)(H,44,45)(H,46,47)(H,48,49)(H,50,51). The molecule has 7 N–H and O–H groups in total. The number of rotatable bonds is 14. The lowest BCUT2D eigenvalue weighted by molar-refractivity contribution is -0.138. The molecular weight excluding hydrogens is 660 g/mol. The minimum absolute atomic E-state index is 0.00321. The highest BCUT2D eigenvalue weighted by Crippen LogP contribution is 2.38. The van der Waals surface area contributed by atoms with Crippen molar-refractivity contribution in [1.82, 2.24) is 19.9 Å². The molecule has 3 aromatic rings. The molecule has 0 spiro atoms. The van der Waals surface area contributed by atoms with Crippen LogP contribution in [0.15, 0.2) is 24.3 Å². The van der Waals surface area contributed by atoms with Gasteiger partial charge in [-0.05, 0) is 115 Å². The lowest BCUT2D eigenvalue weighted by Crippen LogP contribution is -2.04. The molecule has 8 bridgehead atoms. The molecule has 0 atom stereocenters. The number of hydrogen-bond acceptors (Lipinski definition) is 7. The Hall–Kier alpha value is -6.05. The molecule has 0 radical (unpaired) electrons. The summed E-state index contributed by atoms with van der Waals surface area (Å²) in [6.45, 7) is 5.46. The number of carboxylic acid groups (broad SMARTS) is 5. The summed E-state index contributed by atoms with van der Waals surface area (Å²) in [6.07, 6.45) is -0.740. The first-order chi connectivity index (χ1) is 24.1. The van der Waals surface area contributed by atoms with E-state index in [4.69, 9.17) is 9.97 Å². The lowest BCUT2D eigenvalue weighted by atomic mass is 9.98. The highest BCUT2D eigenvalue weighted by atomic mass is 16.4. The van der Waals surface area contributed by atoms with Crippen LogP contribution in [0.3, 0.4) is 0 Å². The minimum Gasteiger partial charge on any atom is -0.481 e. The van der Waals surface area contributed by atoms with Crippen molar-refractivity contribution in [1.29, 1.82) is 0 Å². The summed E-state index contributed by atoms with van der Waals surface area (Å²) >= 11 is 0. The molecule has 0 amide bonds. The van der Waals surface area contributed by atoms with Crippen molar-refractivity contribution in [3.8, 4) is 0 Å². The molecule has 0 saturated heterocycles. The van der Waals surface area contributed by atoms with Gasteiger partial charge in [-0.25, -0.2) is 9.97 Å². The summed E-state index contributed by atoms with van der Waals surface area (Å²) in [6, 6.07) is 6.90. The van der Waals surface area contributed by atoms with Crippen molar-refractivity contribution in [2.45, 2.75) is 78.6 Å². The number of carboxylic acids is 5. The highest BCUT2D eigenvalue weighted by molar-refractivity contribution is 5.96. The average Bonchev–Trinajstić information content (AvgIpc) is 3.70. The smallest absolute Gasteiger partial charge is 0.307 e. The van der Waals surface area contributed by atoms with Gasteiger partial charge in [0.25, 0.3) is 0 Å². The van der Waals surface area contributed by atoms with Crippen LogP contribution < -0.4 is 0 Å². The topological polar surface area (TPSA) is 244 Å². The first-order valence-electron chi connectivity index (χ1n) is 16.4. The molecule has 0 unspecified atom stereocenters. The van der Waals surface area contributed by atoms with Crippen LogP contribution in [0.1, 0.15) is 97.4 Å². The fraction of sp³-hybridized carbons (Fsp3) is 0.324. The van der Waals surface area contributed by atoms with Gasteiger partial charge in [0, 0.05) is 47.8 Å². The van der Waals surface area contributed by atoms with E-state index in [1.165, 1.54) is 0 Å². The second kappa shape index (κ2) is 14.8. The Balaban J connectivity index is 1.96. The third-order valence-corrected chi connectivity index (χ3v) is 9.32. The molecule has 3 aromatic heterocycles. The van der Waals surface area contributed by atoms with Crippen LogP contribution in [0.4, 0.5) is 0 Å². The van der Waals surface area contributed by atoms with Crippen LogP contribution in [0, 0.1) is 6.92 Å². The molecule has 2 aliphatic rings. The van der Waals surface area contributed by atoms with E-state index in [0.29, 0.717) is 83.8 Å². The molecule has 51 heavy (non-hydrogen) atoms. The largest absolute Gasteiger partial charge is 0.481 e. The van der Waals surface area contributed by atoms with Crippen LogP contribution in [0.25, 0.3) is 44.4 Å². The predicted molar refractivity (Wildman–Crippen MR) is 188 cm³/mol. The maximum atomic E-state index is 12.2. The number of hydrogen-bond donors (Lipinski definition) is 7. The first kappa shape index (κ1) is 36.2. The van der Waals surface area contributed by atoms with E-state index in [2.05, 4.69) is 9.97 Å². The second-order valence-electron chi connectivity index (χ2n) is 12.7. The maximum Gasteiger partial charge on any atom is 0.307 e. The van der Waals surface area contributed by atoms with Gasteiger partial charge >= 0.3 is 29.8 Å². The Labute approximate surface area is 291 Å². The van der Waals surface area contributed by atoms with Crippen molar-refractivity contribution in [3.63, 3.8) is 0 Å². The van der Waals surface area contributed by atoms with E-state index in [9.17, 15) is 49.5 Å². The monoisotopic (exact) mass is 698 g/mol. The number of allylic oxidation sites excluding steroid dienone is 4. The Morgan fingerprint density at radius 1 is 0.490 bits per heavy atom. The molecule has 0 aromatic carbocycles. The van der Waals surface area contributed by atoms with E-state index in [1.807, 2.05) is 13.8 Å². The van der Waals surface area contributed by atoms with E-state index in [-0.39, 0.29) is 51.4 Å². The number of nitrogens with one attached hydrogen (secondary N) is 2. The van der Waals surface area contributed by atoms with Gasteiger partial charge in [0.1, 0.15) is 0 Å². The van der Waals surface area contributed by atoms with Gasteiger partial charge in [0.05, 0.1) is 29.2 Å². The number of aryl methyl sites for hydroxylation is 3. The van der Waals surface area contributed by atoms with Gasteiger partial charge in [0.15, 0.2) is 0 Å². The maximum absolute atomic E-state index is 12.2. The van der Waals surface area contributed by atoms with Crippen molar-refractivity contribution in [3.05, 3.63) is 69.3 Å². The zero-order valence-electron chi connectivity index (χ0n) is 28.3. The summed E-state index contributed by atoms with van der Waals surface area (Å²) in [4.78, 5) is 75.2. The van der Waals surface area contributed by atoms with Crippen molar-refractivity contribution < 1.29 is 49.5 Å². The summed E-state index contributed by atoms with van der Waals surface area (Å²) in [5.41, 5.74) is 8.86. The van der Waals surface area contributed by atoms with Gasteiger partial charge in [0.2, 0.25) is 0 Å². The summed E-state index contributed by atoms with van der Waals surface area (Å²) in [7, 11) is 0. The van der Waals surface area contributed by atoms with Crippen molar-refractivity contribution >= 4 is 74.2 Å². The van der Waals surface area contributed by atoms with E-state index >= 15 is 0 Å². The molecule has 2 aliphatic heterocycles. The molecule has 0 fully saturated rings. The van der Waals surface area contributed by atoms with E-state index in [1.54, 1.807) is 31.2 Å². The van der Waals surface area contributed by atoms with Gasteiger partial charge in [-0.1, -0.05) is 0 Å². The Bertz CT molecular complexity index is 2220. The van der Waals surface area contributed by atoms with Crippen LogP contribution in [-0.2, 0) is 43.2 Å². The van der Waals surface area contributed by atoms with Gasteiger partial charge in [-0.15, -0.1) is 0 Å². The molecule has 0 aliphatic carbocycles. The summed E-state index contributed by atoms with van der Waals surface area (Å²) in [5.74, 6) is -5.20. The van der Waals surface area contributed by atoms with Crippen LogP contribution in [0.5, 0.6) is 0 Å². The zero-order valence-corrected chi connectivity index (χ0v) is 28.3. The second-order valence-corrected chi connectivity index (χ2v) is 12.7. The Morgan fingerprint density at radius 2 is 0.902 bits per heavy atom. The van der Waals surface area contributed by atoms with Gasteiger partial charge in [-0.3, -0.25) is 24.0 Å². The summed E-state index contributed by atoms with van der Waals surface area (Å²) < 4.78 is 0. The van der Waals surface area contributed by atoms with Crippen LogP contribution in [-0.4, -0.2) is 75.3 Å². The molecule has 14 heteroatoms. The number of nitrogens with zero attached hydrogens (tertiary/aromatic N) is 2. The molecule has 266 valence electrons. The first-order valence-corrected chi connectivity index (χ1v) is 16.4. The number of carbonyl (C=O) groups is 5. The normalized spacial score (nSPS) is 12.8. The lowest BCUT2D eigenvalue weighted by Gasteiger charge is -2.04. The van der Waals surface area contributed by atoms with Gasteiger partial charge < -0.3 is 35.5 Å². The molecule has 14 nitrogen and oxygen atoms in total. The van der Waals surface area contributed by atoms with Crippen LogP contribution in [0.2, 0.25) is 0 Å². The quantitative estimate of drug-likeness (QED) is 0.104. The number of aromatic nitrogens is 4. The fourth-order valence-electron chi connectivity index (χ4n) is 6.66. The number of aromatic amines is 2. The van der Waals surface area contributed by atoms with E-state index < -0.39 is 36.3 Å². The predicted octanol–water partition coefficient (Wildman–Crippen LogP) is 5.88. The van der Waals surface area contributed by atoms with Crippen LogP contribution >= 0.6 is 0 Å². The number of fused-ring (bicyclic) bond motifs is 8. The average molecular weight is 699 g/mol. The minimum atomic E-state index is -1.14. The fourth-order valence-corrected chi connectivity index (χ4v) is 6.66. The molecule has 5 heterocycles. The molecular formula is C37H38N4O10. The third kappa shape index (κ3) is 8.06. The van der Waals surface area contributed by atoms with E-state index in [0.717, 1.165) is 5.57 Å². The Kier molecular flexibility index (Phi) is 10.5. The molecule has 5 rings (SSSR count). The summed E-state index contributed by atoms with van der Waals surface area (Å²) in [5, 5.41) is 48.1. The zero-order chi connectivity index (χ0) is 37.1.